The molecule has 0 spiro atoms. The number of quaternary nitrogens is 1. The van der Waals surface area contributed by atoms with Gasteiger partial charge in [-0.3, -0.25) is 4.79 Å². The number of nitrogens with two attached hydrogens (primary N) is 1. The first-order valence-corrected chi connectivity index (χ1v) is 9.40. The number of nitrogens with one attached hydrogen (secondary N) is 2. The molecule has 4 N–H and O–H groups in total. The molecule has 3 aromatic rings. The van der Waals surface area contributed by atoms with Crippen molar-refractivity contribution in [2.75, 3.05) is 10.6 Å². The number of amides is 1. The summed E-state index contributed by atoms with van der Waals surface area (Å²) in [6.07, 6.45) is -0.167. The summed E-state index contributed by atoms with van der Waals surface area (Å²) in [7, 11) is 0. The van der Waals surface area contributed by atoms with Crippen molar-refractivity contribution in [2.45, 2.75) is 19.0 Å². The molecule has 148 valence electrons. The molecule has 0 heterocycles. The van der Waals surface area contributed by atoms with Crippen molar-refractivity contribution in [3.8, 4) is 0 Å². The normalized spacial score (nSPS) is 11.4. The van der Waals surface area contributed by atoms with Crippen LogP contribution in [0.25, 0.3) is 0 Å². The molecule has 0 aromatic heterocycles. The lowest BCUT2D eigenvalue weighted by Gasteiger charge is -2.16. The van der Waals surface area contributed by atoms with Crippen molar-refractivity contribution in [1.29, 1.82) is 0 Å². The Morgan fingerprint density at radius 1 is 0.793 bits per heavy atom. The predicted molar refractivity (Wildman–Crippen MR) is 110 cm³/mol. The number of carbonyl (C=O) groups is 2. The molecule has 0 aliphatic rings. The van der Waals surface area contributed by atoms with Gasteiger partial charge in [-0.1, -0.05) is 48.5 Å². The van der Waals surface area contributed by atoms with Gasteiger partial charge in [0, 0.05) is 22.6 Å². The quantitative estimate of drug-likeness (QED) is 0.518. The van der Waals surface area contributed by atoms with E-state index in [0.717, 1.165) is 16.9 Å². The molecule has 0 aliphatic heterocycles. The van der Waals surface area contributed by atoms with Crippen molar-refractivity contribution in [1.82, 2.24) is 0 Å². The zero-order valence-electron chi connectivity index (χ0n) is 15.9. The number of hydrogen-bond donors (Lipinski definition) is 3. The SMILES string of the molecule is O=C(C[C@H]([NH2+]Cc1ccccc1)C(=O)[O-])Nc1ccc(Nc2ccccc2)cc1. The Morgan fingerprint density at radius 2 is 1.34 bits per heavy atom. The number of benzene rings is 3. The van der Waals surface area contributed by atoms with Gasteiger partial charge in [0.25, 0.3) is 0 Å². The molecule has 0 unspecified atom stereocenters. The van der Waals surface area contributed by atoms with E-state index in [1.807, 2.05) is 72.8 Å². The van der Waals surface area contributed by atoms with Gasteiger partial charge in [-0.15, -0.1) is 0 Å². The number of para-hydroxylation sites is 1. The van der Waals surface area contributed by atoms with Gasteiger partial charge in [0.15, 0.2) is 0 Å². The summed E-state index contributed by atoms with van der Waals surface area (Å²) in [4.78, 5) is 23.7. The third kappa shape index (κ3) is 6.48. The molecule has 3 rings (SSSR count). The van der Waals surface area contributed by atoms with E-state index in [1.54, 1.807) is 17.4 Å². The lowest BCUT2D eigenvalue weighted by atomic mass is 10.1. The van der Waals surface area contributed by atoms with E-state index in [4.69, 9.17) is 0 Å². The van der Waals surface area contributed by atoms with Crippen LogP contribution in [0.15, 0.2) is 84.9 Å². The van der Waals surface area contributed by atoms with Crippen LogP contribution < -0.4 is 21.1 Å². The Morgan fingerprint density at radius 3 is 1.97 bits per heavy atom. The molecule has 29 heavy (non-hydrogen) atoms. The number of carboxylic acids is 1. The van der Waals surface area contributed by atoms with E-state index in [1.165, 1.54) is 0 Å². The summed E-state index contributed by atoms with van der Waals surface area (Å²) in [5.74, 6) is -1.62. The summed E-state index contributed by atoms with van der Waals surface area (Å²) < 4.78 is 0. The number of carbonyl (C=O) groups excluding carboxylic acids is 2. The smallest absolute Gasteiger partial charge is 0.230 e. The molecule has 1 atom stereocenters. The van der Waals surface area contributed by atoms with Gasteiger partial charge in [0.05, 0.1) is 12.4 Å². The zero-order valence-corrected chi connectivity index (χ0v) is 15.9. The van der Waals surface area contributed by atoms with E-state index in [2.05, 4.69) is 10.6 Å². The number of anilines is 3. The van der Waals surface area contributed by atoms with Gasteiger partial charge in [-0.25, -0.2) is 0 Å². The maximum absolute atomic E-state index is 12.3. The van der Waals surface area contributed by atoms with Gasteiger partial charge in [-0.05, 0) is 36.4 Å². The van der Waals surface area contributed by atoms with Crippen molar-refractivity contribution in [3.63, 3.8) is 0 Å². The third-order valence-corrected chi connectivity index (χ3v) is 4.42. The van der Waals surface area contributed by atoms with Gasteiger partial charge < -0.3 is 25.9 Å². The van der Waals surface area contributed by atoms with Crippen LogP contribution in [-0.4, -0.2) is 17.9 Å². The zero-order chi connectivity index (χ0) is 20.5. The van der Waals surface area contributed by atoms with Crippen molar-refractivity contribution in [3.05, 3.63) is 90.5 Å². The Bertz CT molecular complexity index is 929. The minimum Gasteiger partial charge on any atom is -0.544 e. The maximum Gasteiger partial charge on any atom is 0.230 e. The number of rotatable bonds is 9. The molecule has 6 heteroatoms. The Labute approximate surface area is 169 Å². The molecular weight excluding hydrogens is 366 g/mol. The minimum atomic E-state index is -1.25. The van der Waals surface area contributed by atoms with Crippen molar-refractivity contribution in [2.24, 2.45) is 0 Å². The van der Waals surface area contributed by atoms with Gasteiger partial charge in [0.1, 0.15) is 12.6 Å². The second-order valence-corrected chi connectivity index (χ2v) is 6.67. The molecule has 0 aliphatic carbocycles. The van der Waals surface area contributed by atoms with Crippen LogP contribution in [0.2, 0.25) is 0 Å². The highest BCUT2D eigenvalue weighted by Crippen LogP contribution is 2.18. The van der Waals surface area contributed by atoms with E-state index in [9.17, 15) is 14.7 Å². The molecule has 3 aromatic carbocycles. The number of aliphatic carboxylic acids is 1. The highest BCUT2D eigenvalue weighted by atomic mass is 16.4. The van der Waals surface area contributed by atoms with Gasteiger partial charge >= 0.3 is 0 Å². The van der Waals surface area contributed by atoms with Gasteiger partial charge in [0.2, 0.25) is 5.91 Å². The van der Waals surface area contributed by atoms with Crippen LogP contribution >= 0.6 is 0 Å². The van der Waals surface area contributed by atoms with Crippen LogP contribution in [-0.2, 0) is 16.1 Å². The Hall–Kier alpha value is -3.64. The lowest BCUT2D eigenvalue weighted by Crippen LogP contribution is -2.92. The second kappa shape index (κ2) is 10.1. The molecule has 6 nitrogen and oxygen atoms in total. The molecule has 1 amide bonds. The molecule has 0 fully saturated rings. The average Bonchev–Trinajstić information content (AvgIpc) is 2.74. The predicted octanol–water partition coefficient (Wildman–Crippen LogP) is 1.64. The molecular formula is C23H23N3O3. The fourth-order valence-electron chi connectivity index (χ4n) is 2.89. The van der Waals surface area contributed by atoms with Crippen LogP contribution in [0.3, 0.4) is 0 Å². The first kappa shape index (κ1) is 20.1. The monoisotopic (exact) mass is 389 g/mol. The number of hydrogen-bond acceptors (Lipinski definition) is 4. The standard InChI is InChI=1S/C23H23N3O3/c27-22(15-21(23(28)29)24-16-17-7-3-1-4-8-17)26-20-13-11-19(12-14-20)25-18-9-5-2-6-10-18/h1-14,21,24-25H,15-16H2,(H,26,27)(H,28,29)/t21-/m0/s1. The van der Waals surface area contributed by atoms with E-state index >= 15 is 0 Å². The Kier molecular flexibility index (Phi) is 6.97. The van der Waals surface area contributed by atoms with E-state index in [-0.39, 0.29) is 12.3 Å². The fourth-order valence-corrected chi connectivity index (χ4v) is 2.89. The second-order valence-electron chi connectivity index (χ2n) is 6.67. The van der Waals surface area contributed by atoms with Crippen molar-refractivity contribution >= 4 is 28.9 Å². The van der Waals surface area contributed by atoms with Crippen LogP contribution in [0.5, 0.6) is 0 Å². The maximum atomic E-state index is 12.3. The highest BCUT2D eigenvalue weighted by Gasteiger charge is 2.18. The molecule has 0 radical (unpaired) electrons. The minimum absolute atomic E-state index is 0.167. The molecule has 0 saturated carbocycles. The lowest BCUT2D eigenvalue weighted by molar-refractivity contribution is -0.697. The first-order valence-electron chi connectivity index (χ1n) is 9.40. The van der Waals surface area contributed by atoms with Crippen LogP contribution in [0.4, 0.5) is 17.1 Å². The van der Waals surface area contributed by atoms with Gasteiger partial charge in [-0.2, -0.15) is 0 Å². The summed E-state index contributed by atoms with van der Waals surface area (Å²) in [6.45, 7) is 0.465. The average molecular weight is 389 g/mol. The van der Waals surface area contributed by atoms with Crippen LogP contribution in [0, 0.1) is 0 Å². The fraction of sp³-hybridized carbons (Fsp3) is 0.130. The third-order valence-electron chi connectivity index (χ3n) is 4.42. The molecule has 0 saturated heterocycles. The van der Waals surface area contributed by atoms with Crippen LogP contribution in [0.1, 0.15) is 12.0 Å². The summed E-state index contributed by atoms with van der Waals surface area (Å²) in [6, 6.07) is 25.5. The largest absolute Gasteiger partial charge is 0.544 e. The summed E-state index contributed by atoms with van der Waals surface area (Å²) in [5.41, 5.74) is 3.45. The summed E-state index contributed by atoms with van der Waals surface area (Å²) in [5, 5.41) is 19.0. The summed E-state index contributed by atoms with van der Waals surface area (Å²) >= 11 is 0. The highest BCUT2D eigenvalue weighted by molar-refractivity contribution is 5.93. The van der Waals surface area contributed by atoms with Crippen molar-refractivity contribution < 1.29 is 20.0 Å². The van der Waals surface area contributed by atoms with E-state index in [0.29, 0.717) is 12.2 Å². The van der Waals surface area contributed by atoms with E-state index < -0.39 is 12.0 Å². The Balaban J connectivity index is 1.52. The number of carboxylic acid groups (broad SMARTS) is 1. The molecule has 0 bridgehead atoms. The first-order chi connectivity index (χ1) is 14.1. The topological polar surface area (TPSA) is 97.9 Å².